The van der Waals surface area contributed by atoms with Gasteiger partial charge in [-0.15, -0.1) is 0 Å². The molecule has 0 aliphatic heterocycles. The molecule has 4 aliphatic carbocycles. The predicted molar refractivity (Wildman–Crippen MR) is 102 cm³/mol. The van der Waals surface area contributed by atoms with Crippen LogP contribution in [0.1, 0.15) is 46.5 Å². The zero-order chi connectivity index (χ0) is 19.6. The van der Waals surface area contributed by atoms with E-state index in [4.69, 9.17) is 14.6 Å². The fourth-order valence-electron chi connectivity index (χ4n) is 4.73. The van der Waals surface area contributed by atoms with Crippen LogP contribution in [0.5, 0.6) is 0 Å². The number of hydrogen-bond acceptors (Lipinski definition) is 5. The van der Waals surface area contributed by atoms with Crippen molar-refractivity contribution in [3.8, 4) is 0 Å². The Morgan fingerprint density at radius 3 is 1.78 bits per heavy atom. The second-order valence-corrected chi connectivity index (χ2v) is 9.20. The van der Waals surface area contributed by atoms with Crippen LogP contribution in [0.3, 0.4) is 0 Å². The molecule has 0 saturated heterocycles. The quantitative estimate of drug-likeness (QED) is 0.602. The average Bonchev–Trinajstić information content (AvgIpc) is 3.39. The molecule has 0 aromatic rings. The lowest BCUT2D eigenvalue weighted by Crippen LogP contribution is -2.30. The third-order valence-electron chi connectivity index (χ3n) is 5.91. The predicted octanol–water partition coefficient (Wildman–Crippen LogP) is 3.27. The zero-order valence-electron chi connectivity index (χ0n) is 16.6. The first-order valence-corrected chi connectivity index (χ1v) is 10.1. The van der Waals surface area contributed by atoms with E-state index in [9.17, 15) is 9.59 Å². The van der Waals surface area contributed by atoms with E-state index in [2.05, 4.69) is 24.3 Å². The van der Waals surface area contributed by atoms with Gasteiger partial charge < -0.3 is 14.6 Å². The van der Waals surface area contributed by atoms with Crippen LogP contribution in [0.25, 0.3) is 0 Å². The van der Waals surface area contributed by atoms with Gasteiger partial charge in [0.2, 0.25) is 0 Å². The molecule has 4 rings (SSSR count). The van der Waals surface area contributed by atoms with E-state index in [1.54, 1.807) is 0 Å². The van der Waals surface area contributed by atoms with Crippen molar-refractivity contribution < 1.29 is 24.2 Å². The van der Waals surface area contributed by atoms with Crippen LogP contribution in [0.15, 0.2) is 24.3 Å². The minimum atomic E-state index is -0.345. The first-order valence-electron chi connectivity index (χ1n) is 10.1. The lowest BCUT2D eigenvalue weighted by Gasteiger charge is -2.24. The highest BCUT2D eigenvalue weighted by Crippen LogP contribution is 2.44. The normalized spacial score (nSPS) is 35.1. The van der Waals surface area contributed by atoms with Gasteiger partial charge in [0.05, 0.1) is 18.4 Å². The van der Waals surface area contributed by atoms with Gasteiger partial charge in [-0.1, -0.05) is 24.3 Å². The van der Waals surface area contributed by atoms with Crippen molar-refractivity contribution in [1.82, 2.24) is 0 Å². The number of allylic oxidation sites excluding steroid dienone is 4. The lowest BCUT2D eigenvalue weighted by atomic mass is 9.93. The van der Waals surface area contributed by atoms with Crippen molar-refractivity contribution in [3.05, 3.63) is 24.3 Å². The van der Waals surface area contributed by atoms with Crippen molar-refractivity contribution in [2.75, 3.05) is 13.2 Å². The molecule has 0 spiro atoms. The third-order valence-corrected chi connectivity index (χ3v) is 5.91. The van der Waals surface area contributed by atoms with Crippen LogP contribution in [-0.2, 0) is 19.1 Å². The molecule has 27 heavy (non-hydrogen) atoms. The van der Waals surface area contributed by atoms with Gasteiger partial charge in [0.1, 0.15) is 12.2 Å². The van der Waals surface area contributed by atoms with Crippen LogP contribution in [0.4, 0.5) is 0 Å². The number of hydrogen-bond donors (Lipinski definition) is 1. The summed E-state index contributed by atoms with van der Waals surface area (Å²) in [6.45, 7) is 5.83. The maximum Gasteiger partial charge on any atom is 0.310 e. The van der Waals surface area contributed by atoms with E-state index in [1.807, 2.05) is 20.8 Å². The molecule has 4 bridgehead atoms. The van der Waals surface area contributed by atoms with Crippen molar-refractivity contribution in [3.63, 3.8) is 0 Å². The molecule has 150 valence electrons. The molecule has 6 atom stereocenters. The number of esters is 2. The molecular formula is C22H32O5. The number of ether oxygens (including phenoxy) is 2. The number of aliphatic hydroxyl groups excluding tert-OH is 1. The van der Waals surface area contributed by atoms with Crippen molar-refractivity contribution in [2.24, 2.45) is 35.5 Å². The first kappa shape index (κ1) is 20.1. The van der Waals surface area contributed by atoms with Gasteiger partial charge in [0.15, 0.2) is 0 Å². The second-order valence-electron chi connectivity index (χ2n) is 9.20. The summed E-state index contributed by atoms with van der Waals surface area (Å²) in [5, 5.41) is 8.50. The van der Waals surface area contributed by atoms with Crippen molar-refractivity contribution >= 4 is 11.9 Å². The molecule has 5 heteroatoms. The van der Waals surface area contributed by atoms with Gasteiger partial charge in [0, 0.05) is 0 Å². The number of aliphatic hydroxyl groups is 1. The summed E-state index contributed by atoms with van der Waals surface area (Å²) in [4.78, 5) is 23.2. The molecule has 1 N–H and O–H groups in total. The Bertz CT molecular complexity index is 615. The largest absolute Gasteiger partial charge is 0.463 e. The summed E-state index contributed by atoms with van der Waals surface area (Å²) in [5.41, 5.74) is -0.345. The van der Waals surface area contributed by atoms with Crippen LogP contribution < -0.4 is 0 Å². The molecular weight excluding hydrogens is 344 g/mol. The van der Waals surface area contributed by atoms with E-state index in [0.29, 0.717) is 23.7 Å². The van der Waals surface area contributed by atoms with Gasteiger partial charge >= 0.3 is 11.9 Å². The van der Waals surface area contributed by atoms with Crippen LogP contribution in [0, 0.1) is 35.5 Å². The Morgan fingerprint density at radius 2 is 1.41 bits per heavy atom. The monoisotopic (exact) mass is 376 g/mol. The summed E-state index contributed by atoms with van der Waals surface area (Å²) < 4.78 is 10.3. The molecule has 0 heterocycles. The van der Waals surface area contributed by atoms with Crippen LogP contribution in [-0.4, -0.2) is 35.9 Å². The highest BCUT2D eigenvalue weighted by atomic mass is 16.6. The summed E-state index contributed by atoms with van der Waals surface area (Å²) in [6.07, 6.45) is 12.9. The standard InChI is InChI=1S/C12H18O2.C10H14O3/c1-12(2,3)14-11(13)10-7-8-4-5-9(10)6-8;11-3-4-13-10(12)9-6-7-1-2-8(9)5-7/h4-5,8-10H,6-7H2,1-3H3;1-2,7-9,11H,3-6H2. The Kier molecular flexibility index (Phi) is 6.09. The van der Waals surface area contributed by atoms with Crippen LogP contribution in [0.2, 0.25) is 0 Å². The molecule has 0 aromatic carbocycles. The average molecular weight is 376 g/mol. The summed E-state index contributed by atoms with van der Waals surface area (Å²) in [6, 6.07) is 0. The highest BCUT2D eigenvalue weighted by molar-refractivity contribution is 5.74. The zero-order valence-corrected chi connectivity index (χ0v) is 16.6. The van der Waals surface area contributed by atoms with E-state index in [0.717, 1.165) is 25.7 Å². The molecule has 2 saturated carbocycles. The van der Waals surface area contributed by atoms with E-state index in [1.165, 1.54) is 0 Å². The van der Waals surface area contributed by atoms with Gasteiger partial charge in [-0.25, -0.2) is 0 Å². The Balaban J connectivity index is 0.000000156. The lowest BCUT2D eigenvalue weighted by molar-refractivity contribution is -0.160. The van der Waals surface area contributed by atoms with E-state index in [-0.39, 0.29) is 42.6 Å². The van der Waals surface area contributed by atoms with Gasteiger partial charge in [-0.2, -0.15) is 0 Å². The molecule has 0 aromatic heterocycles. The van der Waals surface area contributed by atoms with E-state index >= 15 is 0 Å². The summed E-state index contributed by atoms with van der Waals surface area (Å²) >= 11 is 0. The first-order chi connectivity index (χ1) is 12.8. The SMILES string of the molecule is CC(C)(C)OC(=O)C1CC2C=CC1C2.O=C(OCCO)C1CC2C=CC1C2. The Hall–Kier alpha value is -1.62. The van der Waals surface area contributed by atoms with Gasteiger partial charge in [-0.05, 0) is 70.1 Å². The molecule has 5 nitrogen and oxygen atoms in total. The minimum Gasteiger partial charge on any atom is -0.463 e. The topological polar surface area (TPSA) is 72.8 Å². The third kappa shape index (κ3) is 5.01. The molecule has 4 aliphatic rings. The number of rotatable bonds is 4. The highest BCUT2D eigenvalue weighted by Gasteiger charge is 2.42. The Morgan fingerprint density at radius 1 is 0.889 bits per heavy atom. The van der Waals surface area contributed by atoms with Crippen LogP contribution >= 0.6 is 0 Å². The smallest absolute Gasteiger partial charge is 0.310 e. The summed E-state index contributed by atoms with van der Waals surface area (Å²) in [5.74, 6) is 2.13. The number of carbonyl (C=O) groups is 2. The summed E-state index contributed by atoms with van der Waals surface area (Å²) in [7, 11) is 0. The van der Waals surface area contributed by atoms with Crippen molar-refractivity contribution in [2.45, 2.75) is 52.1 Å². The second kappa shape index (κ2) is 8.17. The molecule has 0 amide bonds. The molecule has 6 unspecified atom stereocenters. The number of carbonyl (C=O) groups excluding carboxylic acids is 2. The molecule has 0 radical (unpaired) electrons. The van der Waals surface area contributed by atoms with Crippen molar-refractivity contribution in [1.29, 1.82) is 0 Å². The Labute approximate surface area is 161 Å². The molecule has 2 fully saturated rings. The fraction of sp³-hybridized carbons (Fsp3) is 0.727. The van der Waals surface area contributed by atoms with Gasteiger partial charge in [0.25, 0.3) is 0 Å². The maximum atomic E-state index is 11.8. The van der Waals surface area contributed by atoms with Gasteiger partial charge in [-0.3, -0.25) is 9.59 Å². The van der Waals surface area contributed by atoms with E-state index < -0.39 is 0 Å². The number of fused-ring (bicyclic) bond motifs is 4. The minimum absolute atomic E-state index is 0.00523. The fourth-order valence-corrected chi connectivity index (χ4v) is 4.73. The maximum absolute atomic E-state index is 11.8.